The van der Waals surface area contributed by atoms with Crippen molar-refractivity contribution in [3.05, 3.63) is 0 Å². The monoisotopic (exact) mass is 240 g/mol. The van der Waals surface area contributed by atoms with Crippen LogP contribution in [0.3, 0.4) is 0 Å². The zero-order chi connectivity index (χ0) is 12.5. The van der Waals surface area contributed by atoms with Crippen molar-refractivity contribution in [2.45, 2.75) is 83.7 Å². The van der Waals surface area contributed by atoms with Crippen LogP contribution in [-0.4, -0.2) is 18.6 Å². The van der Waals surface area contributed by atoms with Crippen LogP contribution in [-0.2, 0) is 0 Å². The molecule has 0 aromatic carbocycles. The summed E-state index contributed by atoms with van der Waals surface area (Å²) in [5.41, 5.74) is 6.22. The molecule has 0 aromatic rings. The standard InChI is InChI=1S/C15H32N2/c1-3-4-8-13(2)17-12-15(16)11-14-9-6-5-7-10-14/h13-15,17H,3-12,16H2,1-2H3. The van der Waals surface area contributed by atoms with E-state index < -0.39 is 0 Å². The Balaban J connectivity index is 2.05. The van der Waals surface area contributed by atoms with Gasteiger partial charge in [0.05, 0.1) is 0 Å². The Morgan fingerprint density at radius 1 is 1.24 bits per heavy atom. The Labute approximate surface area is 108 Å². The maximum Gasteiger partial charge on any atom is 0.0168 e. The van der Waals surface area contributed by atoms with Crippen LogP contribution in [0.15, 0.2) is 0 Å². The highest BCUT2D eigenvalue weighted by Crippen LogP contribution is 2.26. The van der Waals surface area contributed by atoms with Gasteiger partial charge in [-0.3, -0.25) is 0 Å². The second kappa shape index (κ2) is 8.93. The van der Waals surface area contributed by atoms with Crippen LogP contribution >= 0.6 is 0 Å². The summed E-state index contributed by atoms with van der Waals surface area (Å²) in [5, 5.41) is 3.58. The number of nitrogens with one attached hydrogen (secondary N) is 1. The second-order valence-corrected chi connectivity index (χ2v) is 5.95. The van der Waals surface area contributed by atoms with E-state index in [0.717, 1.165) is 12.5 Å². The minimum absolute atomic E-state index is 0.363. The molecule has 0 spiro atoms. The van der Waals surface area contributed by atoms with Crippen molar-refractivity contribution in [2.24, 2.45) is 11.7 Å². The fourth-order valence-corrected chi connectivity index (χ4v) is 2.90. The molecule has 17 heavy (non-hydrogen) atoms. The smallest absolute Gasteiger partial charge is 0.0168 e. The molecule has 102 valence electrons. The SMILES string of the molecule is CCCCC(C)NCC(N)CC1CCCCC1. The van der Waals surface area contributed by atoms with Crippen molar-refractivity contribution in [2.75, 3.05) is 6.54 Å². The Hall–Kier alpha value is -0.0800. The molecule has 0 amide bonds. The van der Waals surface area contributed by atoms with Gasteiger partial charge in [0.15, 0.2) is 0 Å². The Kier molecular flexibility index (Phi) is 7.87. The zero-order valence-corrected chi connectivity index (χ0v) is 11.9. The van der Waals surface area contributed by atoms with Gasteiger partial charge in [-0.2, -0.15) is 0 Å². The maximum absolute atomic E-state index is 6.22. The van der Waals surface area contributed by atoms with E-state index in [0.29, 0.717) is 12.1 Å². The molecule has 1 rings (SSSR count). The van der Waals surface area contributed by atoms with E-state index >= 15 is 0 Å². The first-order valence-corrected chi connectivity index (χ1v) is 7.71. The Bertz CT molecular complexity index is 176. The van der Waals surface area contributed by atoms with Crippen LogP contribution in [0.5, 0.6) is 0 Å². The quantitative estimate of drug-likeness (QED) is 0.682. The van der Waals surface area contributed by atoms with Gasteiger partial charge in [-0.1, -0.05) is 51.9 Å². The van der Waals surface area contributed by atoms with Crippen molar-refractivity contribution in [3.63, 3.8) is 0 Å². The van der Waals surface area contributed by atoms with Gasteiger partial charge in [-0.25, -0.2) is 0 Å². The fourth-order valence-electron chi connectivity index (χ4n) is 2.90. The number of hydrogen-bond donors (Lipinski definition) is 2. The number of rotatable bonds is 8. The molecule has 1 fully saturated rings. The van der Waals surface area contributed by atoms with Gasteiger partial charge < -0.3 is 11.1 Å². The average molecular weight is 240 g/mol. The molecule has 0 heterocycles. The van der Waals surface area contributed by atoms with Crippen LogP contribution in [0.2, 0.25) is 0 Å². The lowest BCUT2D eigenvalue weighted by Gasteiger charge is -2.25. The third-order valence-electron chi connectivity index (χ3n) is 4.08. The van der Waals surface area contributed by atoms with E-state index in [2.05, 4.69) is 19.2 Å². The lowest BCUT2D eigenvalue weighted by molar-refractivity contribution is 0.309. The molecule has 2 atom stereocenters. The summed E-state index contributed by atoms with van der Waals surface area (Å²) >= 11 is 0. The van der Waals surface area contributed by atoms with Crippen molar-refractivity contribution in [1.82, 2.24) is 5.32 Å². The van der Waals surface area contributed by atoms with Crippen molar-refractivity contribution in [1.29, 1.82) is 0 Å². The molecule has 3 N–H and O–H groups in total. The van der Waals surface area contributed by atoms with E-state index in [1.54, 1.807) is 0 Å². The molecule has 2 heteroatoms. The highest BCUT2D eigenvalue weighted by molar-refractivity contribution is 4.75. The Morgan fingerprint density at radius 3 is 2.59 bits per heavy atom. The van der Waals surface area contributed by atoms with Gasteiger partial charge in [0.25, 0.3) is 0 Å². The van der Waals surface area contributed by atoms with Crippen molar-refractivity contribution >= 4 is 0 Å². The van der Waals surface area contributed by atoms with E-state index in [1.807, 2.05) is 0 Å². The molecule has 1 aliphatic rings. The molecule has 0 aromatic heterocycles. The number of hydrogen-bond acceptors (Lipinski definition) is 2. The molecule has 1 saturated carbocycles. The molecule has 0 bridgehead atoms. The summed E-state index contributed by atoms with van der Waals surface area (Å²) < 4.78 is 0. The molecular weight excluding hydrogens is 208 g/mol. The highest BCUT2D eigenvalue weighted by Gasteiger charge is 2.16. The van der Waals surface area contributed by atoms with Crippen LogP contribution in [0.1, 0.15) is 71.6 Å². The highest BCUT2D eigenvalue weighted by atomic mass is 14.9. The molecule has 1 aliphatic carbocycles. The lowest BCUT2D eigenvalue weighted by Crippen LogP contribution is -2.39. The van der Waals surface area contributed by atoms with Gasteiger partial charge in [0, 0.05) is 18.6 Å². The van der Waals surface area contributed by atoms with E-state index in [9.17, 15) is 0 Å². The zero-order valence-electron chi connectivity index (χ0n) is 11.9. The third kappa shape index (κ3) is 7.05. The molecular formula is C15H32N2. The van der Waals surface area contributed by atoms with E-state index in [4.69, 9.17) is 5.73 Å². The van der Waals surface area contributed by atoms with Gasteiger partial charge >= 0.3 is 0 Å². The molecule has 2 unspecified atom stereocenters. The van der Waals surface area contributed by atoms with Crippen molar-refractivity contribution in [3.8, 4) is 0 Å². The Morgan fingerprint density at radius 2 is 1.94 bits per heavy atom. The summed E-state index contributed by atoms with van der Waals surface area (Å²) in [7, 11) is 0. The topological polar surface area (TPSA) is 38.0 Å². The van der Waals surface area contributed by atoms with Crippen LogP contribution in [0.4, 0.5) is 0 Å². The van der Waals surface area contributed by atoms with Gasteiger partial charge in [-0.15, -0.1) is 0 Å². The summed E-state index contributed by atoms with van der Waals surface area (Å²) in [6.45, 7) is 5.53. The summed E-state index contributed by atoms with van der Waals surface area (Å²) in [6, 6.07) is 0.995. The van der Waals surface area contributed by atoms with Crippen LogP contribution in [0, 0.1) is 5.92 Å². The van der Waals surface area contributed by atoms with Gasteiger partial charge in [0.2, 0.25) is 0 Å². The van der Waals surface area contributed by atoms with Gasteiger partial charge in [-0.05, 0) is 25.7 Å². The molecule has 0 saturated heterocycles. The third-order valence-corrected chi connectivity index (χ3v) is 4.08. The molecule has 0 radical (unpaired) electrons. The largest absolute Gasteiger partial charge is 0.327 e. The van der Waals surface area contributed by atoms with E-state index in [1.165, 1.54) is 57.8 Å². The van der Waals surface area contributed by atoms with Gasteiger partial charge in [0.1, 0.15) is 0 Å². The predicted octanol–water partition coefficient (Wildman–Crippen LogP) is 3.45. The van der Waals surface area contributed by atoms with Crippen molar-refractivity contribution < 1.29 is 0 Å². The number of nitrogens with two attached hydrogens (primary N) is 1. The lowest BCUT2D eigenvalue weighted by atomic mass is 9.85. The summed E-state index contributed by atoms with van der Waals surface area (Å²) in [6.07, 6.45) is 12.3. The van der Waals surface area contributed by atoms with Crippen LogP contribution < -0.4 is 11.1 Å². The fraction of sp³-hybridized carbons (Fsp3) is 1.00. The minimum Gasteiger partial charge on any atom is -0.327 e. The summed E-state index contributed by atoms with van der Waals surface area (Å²) in [4.78, 5) is 0. The van der Waals surface area contributed by atoms with E-state index in [-0.39, 0.29) is 0 Å². The second-order valence-electron chi connectivity index (χ2n) is 5.95. The predicted molar refractivity (Wildman–Crippen MR) is 76.2 cm³/mol. The first-order valence-electron chi connectivity index (χ1n) is 7.71. The first kappa shape index (κ1) is 15.0. The normalized spacial score (nSPS) is 21.4. The maximum atomic E-state index is 6.22. The number of unbranched alkanes of at least 4 members (excludes halogenated alkanes) is 1. The molecule has 2 nitrogen and oxygen atoms in total. The first-order chi connectivity index (χ1) is 8.22. The molecule has 0 aliphatic heterocycles. The van der Waals surface area contributed by atoms with Crippen LogP contribution in [0.25, 0.3) is 0 Å². The average Bonchev–Trinajstić information content (AvgIpc) is 2.35. The summed E-state index contributed by atoms with van der Waals surface area (Å²) in [5.74, 6) is 0.909. The minimum atomic E-state index is 0.363.